The molecule has 5 nitrogen and oxygen atoms in total. The molecule has 1 aromatic heterocycles. The summed E-state index contributed by atoms with van der Waals surface area (Å²) in [6, 6.07) is 2.75. The van der Waals surface area contributed by atoms with E-state index in [9.17, 15) is 0 Å². The Kier molecular flexibility index (Phi) is 7.27. The number of nitrogens with one attached hydrogen (secondary N) is 1. The monoisotopic (exact) mass is 463 g/mol. The van der Waals surface area contributed by atoms with Gasteiger partial charge in [-0.2, -0.15) is 16.9 Å². The van der Waals surface area contributed by atoms with Crippen molar-refractivity contribution in [2.45, 2.75) is 56.9 Å². The van der Waals surface area contributed by atoms with Crippen molar-refractivity contribution in [1.29, 1.82) is 0 Å². The first-order chi connectivity index (χ1) is 11.1. The zero-order valence-corrected chi connectivity index (χ0v) is 18.1. The Morgan fingerprint density at radius 1 is 1.42 bits per heavy atom. The fourth-order valence-electron chi connectivity index (χ4n) is 3.54. The minimum Gasteiger partial charge on any atom is -0.351 e. The Labute approximate surface area is 167 Å². The molecule has 0 radical (unpaired) electrons. The van der Waals surface area contributed by atoms with Crippen molar-refractivity contribution in [3.05, 3.63) is 18.0 Å². The largest absolute Gasteiger partial charge is 0.351 e. The van der Waals surface area contributed by atoms with Crippen molar-refractivity contribution < 1.29 is 0 Å². The van der Waals surface area contributed by atoms with Crippen LogP contribution in [0.25, 0.3) is 0 Å². The zero-order valence-electron chi connectivity index (χ0n) is 15.0. The van der Waals surface area contributed by atoms with Gasteiger partial charge in [0.15, 0.2) is 5.96 Å². The van der Waals surface area contributed by atoms with Crippen molar-refractivity contribution in [2.24, 2.45) is 4.99 Å². The van der Waals surface area contributed by atoms with Crippen LogP contribution in [-0.4, -0.2) is 51.3 Å². The summed E-state index contributed by atoms with van der Waals surface area (Å²) in [5.41, 5.74) is 1.10. The topological polar surface area (TPSA) is 45.5 Å². The number of halogens is 1. The first-order valence-electron chi connectivity index (χ1n) is 8.71. The lowest BCUT2D eigenvalue weighted by molar-refractivity contribution is 0.375. The maximum absolute atomic E-state index is 4.75. The van der Waals surface area contributed by atoms with Gasteiger partial charge in [0.05, 0.1) is 18.3 Å². The average molecular weight is 463 g/mol. The molecule has 0 aromatic carbocycles. The standard InChI is InChI=1S/C17H29N5S.HI/c1-17(2)13-21(10-11-23-17)16(18-3)19-12-14-8-9-22(20-14)15-6-4-5-7-15;/h8-9,15H,4-7,10-13H2,1-3H3,(H,18,19);1H. The summed E-state index contributed by atoms with van der Waals surface area (Å²) in [6.45, 7) is 7.45. The molecule has 1 aliphatic carbocycles. The van der Waals surface area contributed by atoms with Gasteiger partial charge in [0.25, 0.3) is 0 Å². The van der Waals surface area contributed by atoms with Gasteiger partial charge >= 0.3 is 0 Å². The first-order valence-corrected chi connectivity index (χ1v) is 9.69. The van der Waals surface area contributed by atoms with Crippen LogP contribution in [0.5, 0.6) is 0 Å². The zero-order chi connectivity index (χ0) is 16.3. The third kappa shape index (κ3) is 5.03. The highest BCUT2D eigenvalue weighted by Crippen LogP contribution is 2.30. The van der Waals surface area contributed by atoms with Gasteiger partial charge in [-0.1, -0.05) is 12.8 Å². The smallest absolute Gasteiger partial charge is 0.194 e. The van der Waals surface area contributed by atoms with E-state index in [1.807, 2.05) is 18.8 Å². The minimum absolute atomic E-state index is 0. The number of thioether (sulfide) groups is 1. The molecule has 1 saturated carbocycles. The molecule has 1 N–H and O–H groups in total. The first kappa shape index (κ1) is 19.9. The Balaban J connectivity index is 0.00000208. The Morgan fingerprint density at radius 2 is 2.17 bits per heavy atom. The van der Waals surface area contributed by atoms with Crippen molar-refractivity contribution in [3.8, 4) is 0 Å². The lowest BCUT2D eigenvalue weighted by atomic mass is 10.2. The molecule has 0 unspecified atom stereocenters. The summed E-state index contributed by atoms with van der Waals surface area (Å²) in [6.07, 6.45) is 7.37. The maximum Gasteiger partial charge on any atom is 0.194 e. The van der Waals surface area contributed by atoms with Crippen LogP contribution >= 0.6 is 35.7 Å². The third-order valence-electron chi connectivity index (χ3n) is 4.73. The molecular weight excluding hydrogens is 433 g/mol. The molecule has 0 spiro atoms. The SMILES string of the molecule is CN=C(NCc1ccn(C2CCCC2)n1)N1CCSC(C)(C)C1.I. The van der Waals surface area contributed by atoms with Crippen LogP contribution < -0.4 is 5.32 Å². The summed E-state index contributed by atoms with van der Waals surface area (Å²) in [5, 5.41) is 8.24. The van der Waals surface area contributed by atoms with Crippen LogP contribution in [0.4, 0.5) is 0 Å². The second-order valence-electron chi connectivity index (χ2n) is 7.16. The lowest BCUT2D eigenvalue weighted by Gasteiger charge is -2.39. The van der Waals surface area contributed by atoms with E-state index in [1.54, 1.807) is 0 Å². The number of hydrogen-bond acceptors (Lipinski definition) is 3. The molecule has 7 heteroatoms. The van der Waals surface area contributed by atoms with Gasteiger partial charge in [-0.15, -0.1) is 24.0 Å². The molecule has 2 fully saturated rings. The van der Waals surface area contributed by atoms with Crippen LogP contribution in [0.3, 0.4) is 0 Å². The molecule has 1 saturated heterocycles. The second-order valence-corrected chi connectivity index (χ2v) is 8.96. The Hall–Kier alpha value is -0.440. The van der Waals surface area contributed by atoms with Crippen LogP contribution in [0.2, 0.25) is 0 Å². The highest BCUT2D eigenvalue weighted by Gasteiger charge is 2.28. The van der Waals surface area contributed by atoms with E-state index in [1.165, 1.54) is 25.7 Å². The number of hydrogen-bond donors (Lipinski definition) is 1. The molecule has 0 bridgehead atoms. The van der Waals surface area contributed by atoms with Crippen molar-refractivity contribution in [2.75, 3.05) is 25.9 Å². The van der Waals surface area contributed by atoms with Gasteiger partial charge in [0.2, 0.25) is 0 Å². The summed E-state index contributed by atoms with van der Waals surface area (Å²) < 4.78 is 2.45. The Morgan fingerprint density at radius 3 is 2.83 bits per heavy atom. The summed E-state index contributed by atoms with van der Waals surface area (Å²) in [4.78, 5) is 6.83. The predicted molar refractivity (Wildman–Crippen MR) is 113 cm³/mol. The van der Waals surface area contributed by atoms with Crippen LogP contribution in [0, 0.1) is 0 Å². The molecule has 136 valence electrons. The van der Waals surface area contributed by atoms with Gasteiger partial charge in [-0.3, -0.25) is 9.67 Å². The number of guanidine groups is 1. The Bertz CT molecular complexity index is 551. The van der Waals surface area contributed by atoms with Crippen LogP contribution in [0.1, 0.15) is 51.3 Å². The van der Waals surface area contributed by atoms with Gasteiger partial charge in [-0.25, -0.2) is 0 Å². The van der Waals surface area contributed by atoms with Gasteiger partial charge in [0.1, 0.15) is 0 Å². The average Bonchev–Trinajstić information content (AvgIpc) is 3.18. The second kappa shape index (κ2) is 8.78. The number of aromatic nitrogens is 2. The van der Waals surface area contributed by atoms with Crippen molar-refractivity contribution in [3.63, 3.8) is 0 Å². The molecule has 0 atom stereocenters. The maximum atomic E-state index is 4.75. The van der Waals surface area contributed by atoms with E-state index in [0.29, 0.717) is 10.8 Å². The molecule has 1 aliphatic heterocycles. The fourth-order valence-corrected chi connectivity index (χ4v) is 4.65. The van der Waals surface area contributed by atoms with E-state index in [4.69, 9.17) is 5.10 Å². The van der Waals surface area contributed by atoms with E-state index in [2.05, 4.69) is 46.0 Å². The highest BCUT2D eigenvalue weighted by molar-refractivity contribution is 14.0. The number of rotatable bonds is 3. The fraction of sp³-hybridized carbons (Fsp3) is 0.765. The molecule has 3 rings (SSSR count). The van der Waals surface area contributed by atoms with E-state index >= 15 is 0 Å². The number of aliphatic imine (C=N–C) groups is 1. The molecule has 24 heavy (non-hydrogen) atoms. The summed E-state index contributed by atoms with van der Waals surface area (Å²) in [5.74, 6) is 2.15. The molecule has 2 heterocycles. The summed E-state index contributed by atoms with van der Waals surface area (Å²) >= 11 is 2.04. The normalized spacial score (nSPS) is 21.6. The lowest BCUT2D eigenvalue weighted by Crippen LogP contribution is -2.50. The van der Waals surface area contributed by atoms with E-state index in [-0.39, 0.29) is 24.0 Å². The molecule has 0 amide bonds. The number of nitrogens with zero attached hydrogens (tertiary/aromatic N) is 4. The quantitative estimate of drug-likeness (QED) is 0.424. The van der Waals surface area contributed by atoms with Crippen molar-refractivity contribution in [1.82, 2.24) is 20.0 Å². The van der Waals surface area contributed by atoms with E-state index < -0.39 is 0 Å². The molecule has 2 aliphatic rings. The van der Waals surface area contributed by atoms with Crippen LogP contribution in [0.15, 0.2) is 17.3 Å². The highest BCUT2D eigenvalue weighted by atomic mass is 127. The molecular formula is C17H30IN5S. The summed E-state index contributed by atoms with van der Waals surface area (Å²) in [7, 11) is 1.87. The third-order valence-corrected chi connectivity index (χ3v) is 6.02. The van der Waals surface area contributed by atoms with Gasteiger partial charge in [0, 0.05) is 36.8 Å². The molecule has 1 aromatic rings. The van der Waals surface area contributed by atoms with E-state index in [0.717, 1.165) is 37.0 Å². The van der Waals surface area contributed by atoms with Crippen LogP contribution in [-0.2, 0) is 6.54 Å². The predicted octanol–water partition coefficient (Wildman–Crippen LogP) is 3.52. The minimum atomic E-state index is 0. The van der Waals surface area contributed by atoms with Crippen molar-refractivity contribution >= 4 is 41.7 Å². The van der Waals surface area contributed by atoms with Gasteiger partial charge in [-0.05, 0) is 32.8 Å². The van der Waals surface area contributed by atoms with Gasteiger partial charge < -0.3 is 10.2 Å².